The maximum Gasteiger partial charge on any atom is 0.133 e. The predicted molar refractivity (Wildman–Crippen MR) is 73.6 cm³/mol. The van der Waals surface area contributed by atoms with E-state index < -0.39 is 5.82 Å². The molecule has 0 fully saturated rings. The molecule has 1 N–H and O–H groups in total. The molecular weight excluding hydrogens is 261 g/mol. The number of aryl methyl sites for hydroxylation is 1. The second-order valence-corrected chi connectivity index (χ2v) is 4.57. The average Bonchev–Trinajstić information content (AvgIpc) is 2.40. The number of nitrogens with zero attached hydrogens (tertiary/aromatic N) is 2. The lowest BCUT2D eigenvalue weighted by atomic mass is 10.0. The lowest BCUT2D eigenvalue weighted by Crippen LogP contribution is -2.00. The SMILES string of the molecule is CCc1nc(=S)c(C)c(-c2cc(F)cc(C#N)c2)[nH]1. The van der Waals surface area contributed by atoms with Gasteiger partial charge in [0.2, 0.25) is 0 Å². The zero-order chi connectivity index (χ0) is 14.0. The summed E-state index contributed by atoms with van der Waals surface area (Å²) in [5.74, 6) is 0.302. The fourth-order valence-electron chi connectivity index (χ4n) is 1.83. The molecule has 19 heavy (non-hydrogen) atoms. The molecular formula is C14H12FN3S. The van der Waals surface area contributed by atoms with Crippen molar-refractivity contribution < 1.29 is 4.39 Å². The molecule has 0 unspecified atom stereocenters. The van der Waals surface area contributed by atoms with Crippen LogP contribution in [0.25, 0.3) is 11.3 Å². The highest BCUT2D eigenvalue weighted by Gasteiger charge is 2.09. The van der Waals surface area contributed by atoms with Crippen molar-refractivity contribution in [3.63, 3.8) is 0 Å². The maximum atomic E-state index is 13.5. The van der Waals surface area contributed by atoms with E-state index in [0.29, 0.717) is 22.3 Å². The molecule has 0 aliphatic carbocycles. The van der Waals surface area contributed by atoms with Gasteiger partial charge in [-0.25, -0.2) is 9.37 Å². The van der Waals surface area contributed by atoms with E-state index in [2.05, 4.69) is 9.97 Å². The van der Waals surface area contributed by atoms with E-state index in [1.807, 2.05) is 19.9 Å². The minimum Gasteiger partial charge on any atom is -0.343 e. The van der Waals surface area contributed by atoms with Gasteiger partial charge < -0.3 is 4.98 Å². The minimum atomic E-state index is -0.442. The molecule has 1 heterocycles. The molecule has 2 aromatic rings. The van der Waals surface area contributed by atoms with Crippen LogP contribution in [0, 0.1) is 28.7 Å². The third-order valence-electron chi connectivity index (χ3n) is 2.85. The Morgan fingerprint density at radius 1 is 1.42 bits per heavy atom. The van der Waals surface area contributed by atoms with Gasteiger partial charge in [-0.1, -0.05) is 19.1 Å². The van der Waals surface area contributed by atoms with Gasteiger partial charge in [-0.15, -0.1) is 0 Å². The van der Waals surface area contributed by atoms with Gasteiger partial charge in [0.05, 0.1) is 17.3 Å². The van der Waals surface area contributed by atoms with Gasteiger partial charge >= 0.3 is 0 Å². The largest absolute Gasteiger partial charge is 0.343 e. The molecule has 96 valence electrons. The number of nitrogens with one attached hydrogen (secondary N) is 1. The summed E-state index contributed by atoms with van der Waals surface area (Å²) in [5.41, 5.74) is 2.38. The number of hydrogen-bond acceptors (Lipinski definition) is 3. The summed E-state index contributed by atoms with van der Waals surface area (Å²) in [4.78, 5) is 7.39. The molecule has 0 atom stereocenters. The molecule has 0 amide bonds. The zero-order valence-corrected chi connectivity index (χ0v) is 11.4. The number of benzene rings is 1. The van der Waals surface area contributed by atoms with Gasteiger partial charge in [0.15, 0.2) is 0 Å². The molecule has 0 aliphatic heterocycles. The molecule has 0 saturated carbocycles. The molecule has 0 radical (unpaired) electrons. The van der Waals surface area contributed by atoms with E-state index in [1.54, 1.807) is 6.07 Å². The van der Waals surface area contributed by atoms with Crippen molar-refractivity contribution in [3.05, 3.63) is 45.6 Å². The summed E-state index contributed by atoms with van der Waals surface area (Å²) < 4.78 is 14.0. The first-order chi connectivity index (χ1) is 9.05. The summed E-state index contributed by atoms with van der Waals surface area (Å²) >= 11 is 5.20. The van der Waals surface area contributed by atoms with Gasteiger partial charge in [0.1, 0.15) is 16.3 Å². The van der Waals surface area contributed by atoms with Gasteiger partial charge in [0, 0.05) is 17.5 Å². The van der Waals surface area contributed by atoms with Crippen LogP contribution in [0.3, 0.4) is 0 Å². The third-order valence-corrected chi connectivity index (χ3v) is 3.25. The van der Waals surface area contributed by atoms with Crippen LogP contribution in [0.4, 0.5) is 4.39 Å². The molecule has 5 heteroatoms. The number of hydrogen-bond donors (Lipinski definition) is 1. The summed E-state index contributed by atoms with van der Waals surface area (Å²) in [7, 11) is 0. The van der Waals surface area contributed by atoms with E-state index in [4.69, 9.17) is 17.5 Å². The summed E-state index contributed by atoms with van der Waals surface area (Å²) in [5, 5.41) is 8.90. The number of nitriles is 1. The van der Waals surface area contributed by atoms with Gasteiger partial charge in [-0.2, -0.15) is 5.26 Å². The molecule has 0 saturated heterocycles. The molecule has 0 spiro atoms. The molecule has 1 aromatic heterocycles. The topological polar surface area (TPSA) is 52.5 Å². The standard InChI is InChI=1S/C14H12FN3S/c1-3-12-17-13(8(2)14(19)18-12)10-4-9(7-16)5-11(15)6-10/h4-6H,3H2,1-2H3,(H,17,18,19). The number of H-pyrrole nitrogens is 1. The highest BCUT2D eigenvalue weighted by Crippen LogP contribution is 2.24. The molecule has 2 rings (SSSR count). The van der Waals surface area contributed by atoms with Crippen LogP contribution < -0.4 is 0 Å². The number of aromatic amines is 1. The first-order valence-electron chi connectivity index (χ1n) is 5.86. The maximum absolute atomic E-state index is 13.5. The first-order valence-corrected chi connectivity index (χ1v) is 6.26. The summed E-state index contributed by atoms with van der Waals surface area (Å²) in [6.45, 7) is 3.79. The van der Waals surface area contributed by atoms with Crippen LogP contribution in [-0.2, 0) is 6.42 Å². The Morgan fingerprint density at radius 3 is 2.79 bits per heavy atom. The highest BCUT2D eigenvalue weighted by atomic mass is 32.1. The van der Waals surface area contributed by atoms with Crippen molar-refractivity contribution in [3.8, 4) is 17.3 Å². The van der Waals surface area contributed by atoms with Crippen LogP contribution >= 0.6 is 12.2 Å². The van der Waals surface area contributed by atoms with Crippen LogP contribution in [0.2, 0.25) is 0 Å². The fourth-order valence-corrected chi connectivity index (χ4v) is 2.05. The Kier molecular flexibility index (Phi) is 3.72. The average molecular weight is 273 g/mol. The van der Waals surface area contributed by atoms with Crippen molar-refractivity contribution >= 4 is 12.2 Å². The summed E-state index contributed by atoms with van der Waals surface area (Å²) in [6, 6.07) is 6.17. The van der Waals surface area contributed by atoms with Crippen LogP contribution in [0.15, 0.2) is 18.2 Å². The fraction of sp³-hybridized carbons (Fsp3) is 0.214. The van der Waals surface area contributed by atoms with Crippen LogP contribution in [0.5, 0.6) is 0 Å². The van der Waals surface area contributed by atoms with Crippen molar-refractivity contribution in [2.75, 3.05) is 0 Å². The lowest BCUT2D eigenvalue weighted by Gasteiger charge is -2.09. The zero-order valence-electron chi connectivity index (χ0n) is 10.6. The molecule has 1 aromatic carbocycles. The monoisotopic (exact) mass is 273 g/mol. The van der Waals surface area contributed by atoms with Crippen molar-refractivity contribution in [2.24, 2.45) is 0 Å². The first kappa shape index (κ1) is 13.4. The highest BCUT2D eigenvalue weighted by molar-refractivity contribution is 7.71. The second-order valence-electron chi connectivity index (χ2n) is 4.18. The van der Waals surface area contributed by atoms with Gasteiger partial charge in [-0.3, -0.25) is 0 Å². The summed E-state index contributed by atoms with van der Waals surface area (Å²) in [6.07, 6.45) is 0.706. The number of aromatic nitrogens is 2. The Morgan fingerprint density at radius 2 is 2.16 bits per heavy atom. The minimum absolute atomic E-state index is 0.281. The Labute approximate surface area is 115 Å². The Hall–Kier alpha value is -2.06. The van der Waals surface area contributed by atoms with Crippen molar-refractivity contribution in [1.82, 2.24) is 9.97 Å². The van der Waals surface area contributed by atoms with E-state index in [1.165, 1.54) is 12.1 Å². The quantitative estimate of drug-likeness (QED) is 0.849. The molecule has 0 bridgehead atoms. The van der Waals surface area contributed by atoms with Gasteiger partial charge in [-0.05, 0) is 25.1 Å². The van der Waals surface area contributed by atoms with E-state index in [0.717, 1.165) is 11.4 Å². The van der Waals surface area contributed by atoms with E-state index in [-0.39, 0.29) is 5.56 Å². The number of rotatable bonds is 2. The second kappa shape index (κ2) is 5.29. The van der Waals surface area contributed by atoms with Crippen molar-refractivity contribution in [2.45, 2.75) is 20.3 Å². The van der Waals surface area contributed by atoms with E-state index in [9.17, 15) is 4.39 Å². The molecule has 3 nitrogen and oxygen atoms in total. The van der Waals surface area contributed by atoms with Crippen molar-refractivity contribution in [1.29, 1.82) is 5.26 Å². The smallest absolute Gasteiger partial charge is 0.133 e. The Balaban J connectivity index is 2.71. The lowest BCUT2D eigenvalue weighted by molar-refractivity contribution is 0.627. The van der Waals surface area contributed by atoms with Gasteiger partial charge in [0.25, 0.3) is 0 Å². The predicted octanol–water partition coefficient (Wildman–Crippen LogP) is 3.69. The van der Waals surface area contributed by atoms with Crippen LogP contribution in [0.1, 0.15) is 23.9 Å². The normalized spacial score (nSPS) is 10.2. The number of halogens is 1. The van der Waals surface area contributed by atoms with E-state index >= 15 is 0 Å². The third kappa shape index (κ3) is 2.69. The van der Waals surface area contributed by atoms with Crippen LogP contribution in [-0.4, -0.2) is 9.97 Å². The molecule has 0 aliphatic rings. The Bertz CT molecular complexity index is 728.